The summed E-state index contributed by atoms with van der Waals surface area (Å²) in [5.74, 6) is 1.76. The van der Waals surface area contributed by atoms with Crippen molar-refractivity contribution >= 4 is 5.91 Å². The molecule has 106 valence electrons. The summed E-state index contributed by atoms with van der Waals surface area (Å²) in [6.07, 6.45) is 8.42. The number of rotatable bonds is 5. The Morgan fingerprint density at radius 3 is 2.79 bits per heavy atom. The van der Waals surface area contributed by atoms with E-state index < -0.39 is 0 Å². The number of H-pyrrole nitrogens is 1. The summed E-state index contributed by atoms with van der Waals surface area (Å²) in [5.41, 5.74) is 5.68. The third-order valence-electron chi connectivity index (χ3n) is 4.13. The van der Waals surface area contributed by atoms with Gasteiger partial charge in [-0.25, -0.2) is 4.98 Å². The van der Waals surface area contributed by atoms with Gasteiger partial charge in [-0.05, 0) is 44.6 Å². The van der Waals surface area contributed by atoms with E-state index in [9.17, 15) is 4.79 Å². The topological polar surface area (TPSA) is 83.8 Å². The van der Waals surface area contributed by atoms with Crippen molar-refractivity contribution in [2.24, 2.45) is 17.6 Å². The van der Waals surface area contributed by atoms with Crippen molar-refractivity contribution in [1.82, 2.24) is 15.3 Å². The summed E-state index contributed by atoms with van der Waals surface area (Å²) in [5, 5.41) is 3.11. The van der Waals surface area contributed by atoms with Crippen molar-refractivity contribution in [2.75, 3.05) is 6.54 Å². The van der Waals surface area contributed by atoms with Crippen LogP contribution in [0.4, 0.5) is 0 Å². The van der Waals surface area contributed by atoms with E-state index in [-0.39, 0.29) is 17.9 Å². The second-order valence-electron chi connectivity index (χ2n) is 5.40. The first-order valence-electron chi connectivity index (χ1n) is 7.24. The highest BCUT2D eigenvalue weighted by molar-refractivity contribution is 5.79. The standard InChI is InChI=1S/C14H24N4O/c1-2-12(13-16-7-8-17-13)18-14(19)11-5-3-10(9-15)4-6-11/h7-8,10-12H,2-6,9,15H2,1H3,(H,16,17)(H,18,19). The van der Waals surface area contributed by atoms with Gasteiger partial charge in [-0.15, -0.1) is 0 Å². The molecule has 1 aliphatic rings. The monoisotopic (exact) mass is 264 g/mol. The maximum atomic E-state index is 12.3. The van der Waals surface area contributed by atoms with Gasteiger partial charge in [0.25, 0.3) is 0 Å². The molecule has 2 rings (SSSR count). The van der Waals surface area contributed by atoms with Crippen molar-refractivity contribution < 1.29 is 4.79 Å². The van der Waals surface area contributed by atoms with Crippen LogP contribution in [0.3, 0.4) is 0 Å². The Morgan fingerprint density at radius 1 is 1.53 bits per heavy atom. The predicted octanol–water partition coefficient (Wildman–Crippen LogP) is 1.74. The van der Waals surface area contributed by atoms with E-state index in [1.807, 2.05) is 0 Å². The first kappa shape index (κ1) is 14.1. The molecule has 1 saturated carbocycles. The lowest BCUT2D eigenvalue weighted by molar-refractivity contribution is -0.127. The Kier molecular flexibility index (Phi) is 4.96. The Bertz CT molecular complexity index is 382. The zero-order valence-corrected chi connectivity index (χ0v) is 11.6. The van der Waals surface area contributed by atoms with Crippen LogP contribution in [0, 0.1) is 11.8 Å². The molecule has 0 aromatic carbocycles. The van der Waals surface area contributed by atoms with E-state index >= 15 is 0 Å². The minimum Gasteiger partial charge on any atom is -0.347 e. The van der Waals surface area contributed by atoms with Gasteiger partial charge in [0.05, 0.1) is 6.04 Å². The highest BCUT2D eigenvalue weighted by atomic mass is 16.1. The summed E-state index contributed by atoms with van der Waals surface area (Å²) < 4.78 is 0. The van der Waals surface area contributed by atoms with Crippen LogP contribution in [0.2, 0.25) is 0 Å². The van der Waals surface area contributed by atoms with Gasteiger partial charge in [-0.2, -0.15) is 0 Å². The molecule has 1 heterocycles. The summed E-state index contributed by atoms with van der Waals surface area (Å²) in [7, 11) is 0. The Balaban J connectivity index is 1.87. The van der Waals surface area contributed by atoms with Crippen LogP contribution >= 0.6 is 0 Å². The number of amides is 1. The van der Waals surface area contributed by atoms with E-state index in [0.717, 1.165) is 44.5 Å². The molecule has 0 spiro atoms. The van der Waals surface area contributed by atoms with Gasteiger partial charge in [0.1, 0.15) is 5.82 Å². The van der Waals surface area contributed by atoms with Crippen molar-refractivity contribution in [1.29, 1.82) is 0 Å². The van der Waals surface area contributed by atoms with Gasteiger partial charge >= 0.3 is 0 Å². The fourth-order valence-electron chi connectivity index (χ4n) is 2.78. The van der Waals surface area contributed by atoms with Gasteiger partial charge in [0.15, 0.2) is 0 Å². The quantitative estimate of drug-likeness (QED) is 0.757. The number of nitrogens with zero attached hydrogens (tertiary/aromatic N) is 1. The average Bonchev–Trinajstić information content (AvgIpc) is 2.98. The minimum absolute atomic E-state index is 0.00488. The highest BCUT2D eigenvalue weighted by Gasteiger charge is 2.27. The summed E-state index contributed by atoms with van der Waals surface area (Å²) in [6, 6.07) is -0.00488. The van der Waals surface area contributed by atoms with E-state index in [1.54, 1.807) is 12.4 Å². The van der Waals surface area contributed by atoms with E-state index in [1.165, 1.54) is 0 Å². The molecule has 1 aromatic rings. The molecule has 4 N–H and O–H groups in total. The molecule has 0 radical (unpaired) electrons. The van der Waals surface area contributed by atoms with Crippen molar-refractivity contribution in [2.45, 2.75) is 45.1 Å². The number of aromatic amines is 1. The molecule has 0 bridgehead atoms. The van der Waals surface area contributed by atoms with Crippen LogP contribution in [0.15, 0.2) is 12.4 Å². The normalized spacial score (nSPS) is 24.9. The molecule has 0 saturated heterocycles. The van der Waals surface area contributed by atoms with Crippen LogP contribution in [0.1, 0.15) is 50.9 Å². The SMILES string of the molecule is CCC(NC(=O)C1CCC(CN)CC1)c1ncc[nH]1. The summed E-state index contributed by atoms with van der Waals surface area (Å²) >= 11 is 0. The molecule has 1 aliphatic carbocycles. The molecule has 1 unspecified atom stereocenters. The number of carbonyl (C=O) groups is 1. The van der Waals surface area contributed by atoms with Gasteiger partial charge in [0, 0.05) is 18.3 Å². The number of carbonyl (C=O) groups excluding carboxylic acids is 1. The Labute approximate surface area is 114 Å². The van der Waals surface area contributed by atoms with Crippen LogP contribution in [-0.4, -0.2) is 22.4 Å². The lowest BCUT2D eigenvalue weighted by Crippen LogP contribution is -2.36. The van der Waals surface area contributed by atoms with Crippen molar-refractivity contribution in [3.63, 3.8) is 0 Å². The van der Waals surface area contributed by atoms with E-state index in [2.05, 4.69) is 22.2 Å². The lowest BCUT2D eigenvalue weighted by atomic mass is 9.81. The number of nitrogens with one attached hydrogen (secondary N) is 2. The highest BCUT2D eigenvalue weighted by Crippen LogP contribution is 2.28. The third-order valence-corrected chi connectivity index (χ3v) is 4.13. The van der Waals surface area contributed by atoms with E-state index in [0.29, 0.717) is 5.92 Å². The number of hydrogen-bond donors (Lipinski definition) is 3. The van der Waals surface area contributed by atoms with Gasteiger partial charge in [0.2, 0.25) is 5.91 Å². The third kappa shape index (κ3) is 3.56. The van der Waals surface area contributed by atoms with Gasteiger partial charge in [-0.3, -0.25) is 4.79 Å². The molecule has 1 aromatic heterocycles. The molecule has 19 heavy (non-hydrogen) atoms. The van der Waals surface area contributed by atoms with E-state index in [4.69, 9.17) is 5.73 Å². The Hall–Kier alpha value is -1.36. The van der Waals surface area contributed by atoms with Crippen LogP contribution < -0.4 is 11.1 Å². The number of imidazole rings is 1. The largest absolute Gasteiger partial charge is 0.347 e. The average molecular weight is 264 g/mol. The minimum atomic E-state index is -0.00488. The molecule has 1 fully saturated rings. The van der Waals surface area contributed by atoms with Crippen molar-refractivity contribution in [3.05, 3.63) is 18.2 Å². The van der Waals surface area contributed by atoms with Crippen LogP contribution in [-0.2, 0) is 4.79 Å². The first-order chi connectivity index (χ1) is 9.24. The lowest BCUT2D eigenvalue weighted by Gasteiger charge is -2.28. The number of aromatic nitrogens is 2. The zero-order valence-electron chi connectivity index (χ0n) is 11.6. The molecule has 1 amide bonds. The van der Waals surface area contributed by atoms with Gasteiger partial charge < -0.3 is 16.0 Å². The fourth-order valence-corrected chi connectivity index (χ4v) is 2.78. The van der Waals surface area contributed by atoms with Gasteiger partial charge in [-0.1, -0.05) is 6.92 Å². The second-order valence-corrected chi connectivity index (χ2v) is 5.40. The molecule has 5 nitrogen and oxygen atoms in total. The zero-order chi connectivity index (χ0) is 13.7. The van der Waals surface area contributed by atoms with Crippen molar-refractivity contribution in [3.8, 4) is 0 Å². The molecule has 0 aliphatic heterocycles. The predicted molar refractivity (Wildman–Crippen MR) is 74.3 cm³/mol. The molecule has 1 atom stereocenters. The molecular weight excluding hydrogens is 240 g/mol. The number of hydrogen-bond acceptors (Lipinski definition) is 3. The summed E-state index contributed by atoms with van der Waals surface area (Å²) in [4.78, 5) is 19.6. The molecule has 5 heteroatoms. The maximum absolute atomic E-state index is 12.3. The Morgan fingerprint density at radius 2 is 2.26 bits per heavy atom. The summed E-state index contributed by atoms with van der Waals surface area (Å²) in [6.45, 7) is 2.80. The number of nitrogens with two attached hydrogens (primary N) is 1. The first-order valence-corrected chi connectivity index (χ1v) is 7.24. The second kappa shape index (κ2) is 6.70. The molecular formula is C14H24N4O. The maximum Gasteiger partial charge on any atom is 0.223 e. The fraction of sp³-hybridized carbons (Fsp3) is 0.714. The van der Waals surface area contributed by atoms with Crippen LogP contribution in [0.25, 0.3) is 0 Å². The smallest absolute Gasteiger partial charge is 0.223 e. The van der Waals surface area contributed by atoms with Crippen LogP contribution in [0.5, 0.6) is 0 Å².